The molecule has 8 heteroatoms. The molecule has 0 bridgehead atoms. The van der Waals surface area contributed by atoms with Crippen LogP contribution >= 0.6 is 0 Å². The number of allylic oxidation sites excluding steroid dienone is 1. The highest BCUT2D eigenvalue weighted by Crippen LogP contribution is 2.28. The highest BCUT2D eigenvalue weighted by Gasteiger charge is 2.44. The molecule has 2 aromatic carbocycles. The van der Waals surface area contributed by atoms with Gasteiger partial charge in [0, 0.05) is 19.2 Å². The van der Waals surface area contributed by atoms with Gasteiger partial charge in [-0.1, -0.05) is 29.8 Å². The summed E-state index contributed by atoms with van der Waals surface area (Å²) in [5.41, 5.74) is 2.26. The molecule has 2 aliphatic rings. The number of para-hydroxylation sites is 1. The number of nitrogens with zero attached hydrogens (tertiary/aromatic N) is 2. The normalized spacial score (nSPS) is 17.5. The van der Waals surface area contributed by atoms with Crippen molar-refractivity contribution in [3.63, 3.8) is 0 Å². The van der Waals surface area contributed by atoms with Crippen LogP contribution in [0.25, 0.3) is 0 Å². The Bertz CT molecular complexity index is 1140. The maximum absolute atomic E-state index is 13.4. The fourth-order valence-corrected chi connectivity index (χ4v) is 4.62. The van der Waals surface area contributed by atoms with Gasteiger partial charge in [0.15, 0.2) is 6.61 Å². The first-order valence-corrected chi connectivity index (χ1v) is 12.3. The van der Waals surface area contributed by atoms with E-state index < -0.39 is 11.9 Å². The second-order valence-corrected chi connectivity index (χ2v) is 9.06. The highest BCUT2D eigenvalue weighted by atomic mass is 16.5. The highest BCUT2D eigenvalue weighted by molar-refractivity contribution is 6.23. The van der Waals surface area contributed by atoms with Crippen LogP contribution in [0.4, 0.5) is 11.4 Å². The Kier molecular flexibility index (Phi) is 8.15. The molecule has 188 valence electrons. The van der Waals surface area contributed by atoms with Crippen LogP contribution in [0.15, 0.2) is 66.2 Å². The fourth-order valence-electron chi connectivity index (χ4n) is 4.62. The van der Waals surface area contributed by atoms with E-state index in [2.05, 4.69) is 11.4 Å². The number of ether oxygens (including phenoxy) is 1. The average molecular weight is 490 g/mol. The van der Waals surface area contributed by atoms with Crippen LogP contribution in [-0.4, -0.2) is 47.7 Å². The SMILES string of the molecule is CC(=O)Nc1ccc(N2C(=O)CC(N(CCC3=CCCCC3)C(=O)COc3ccccc3)C2=O)cc1. The minimum atomic E-state index is -0.886. The topological polar surface area (TPSA) is 96.0 Å². The summed E-state index contributed by atoms with van der Waals surface area (Å²) >= 11 is 0. The van der Waals surface area contributed by atoms with E-state index in [4.69, 9.17) is 4.74 Å². The van der Waals surface area contributed by atoms with Crippen LogP contribution < -0.4 is 15.0 Å². The van der Waals surface area contributed by atoms with Crippen molar-refractivity contribution in [2.24, 2.45) is 0 Å². The van der Waals surface area contributed by atoms with Gasteiger partial charge in [-0.25, -0.2) is 4.90 Å². The Balaban J connectivity index is 1.50. The van der Waals surface area contributed by atoms with E-state index in [0.29, 0.717) is 30.1 Å². The second-order valence-electron chi connectivity index (χ2n) is 9.06. The molecule has 8 nitrogen and oxygen atoms in total. The van der Waals surface area contributed by atoms with Gasteiger partial charge in [0.25, 0.3) is 11.8 Å². The summed E-state index contributed by atoms with van der Waals surface area (Å²) in [6, 6.07) is 14.6. The molecule has 1 fully saturated rings. The van der Waals surface area contributed by atoms with Gasteiger partial charge < -0.3 is 15.0 Å². The number of nitrogens with one attached hydrogen (secondary N) is 1. The van der Waals surface area contributed by atoms with Gasteiger partial charge in [0.2, 0.25) is 11.8 Å². The van der Waals surface area contributed by atoms with E-state index in [1.54, 1.807) is 36.4 Å². The maximum Gasteiger partial charge on any atom is 0.261 e. The number of benzene rings is 2. The van der Waals surface area contributed by atoms with Crippen molar-refractivity contribution < 1.29 is 23.9 Å². The number of carbonyl (C=O) groups excluding carboxylic acids is 4. The van der Waals surface area contributed by atoms with Gasteiger partial charge in [0.1, 0.15) is 11.8 Å². The molecule has 2 aromatic rings. The predicted molar refractivity (Wildman–Crippen MR) is 136 cm³/mol. The summed E-state index contributed by atoms with van der Waals surface area (Å²) in [5, 5.41) is 2.66. The smallest absolute Gasteiger partial charge is 0.261 e. The molecule has 1 atom stereocenters. The number of amides is 4. The molecular weight excluding hydrogens is 458 g/mol. The third kappa shape index (κ3) is 6.19. The lowest BCUT2D eigenvalue weighted by Gasteiger charge is -2.28. The van der Waals surface area contributed by atoms with Crippen molar-refractivity contribution in [3.05, 3.63) is 66.2 Å². The van der Waals surface area contributed by atoms with E-state index in [9.17, 15) is 19.2 Å². The standard InChI is InChI=1S/C28H31N3O5/c1-20(32)29-22-12-14-23(15-13-22)31-26(33)18-25(28(31)35)30(17-16-21-8-4-2-5-9-21)27(34)19-36-24-10-6-3-7-11-24/h3,6-8,10-15,25H,2,4-5,9,16-19H2,1H3,(H,29,32). The number of rotatable bonds is 9. The quantitative estimate of drug-likeness (QED) is 0.423. The van der Waals surface area contributed by atoms with Crippen molar-refractivity contribution >= 4 is 35.0 Å². The molecule has 1 aliphatic heterocycles. The zero-order valence-electron chi connectivity index (χ0n) is 20.4. The van der Waals surface area contributed by atoms with Gasteiger partial charge >= 0.3 is 0 Å². The summed E-state index contributed by atoms with van der Waals surface area (Å²) < 4.78 is 5.67. The first-order valence-electron chi connectivity index (χ1n) is 12.3. The monoisotopic (exact) mass is 489 g/mol. The molecule has 1 saturated heterocycles. The van der Waals surface area contributed by atoms with Crippen molar-refractivity contribution in [2.75, 3.05) is 23.4 Å². The van der Waals surface area contributed by atoms with Gasteiger partial charge in [-0.15, -0.1) is 0 Å². The molecule has 4 amide bonds. The van der Waals surface area contributed by atoms with Gasteiger partial charge in [-0.2, -0.15) is 0 Å². The molecule has 0 aromatic heterocycles. The lowest BCUT2D eigenvalue weighted by atomic mass is 9.97. The third-order valence-electron chi connectivity index (χ3n) is 6.43. The molecule has 1 heterocycles. The lowest BCUT2D eigenvalue weighted by molar-refractivity contribution is -0.140. The zero-order chi connectivity index (χ0) is 25.5. The van der Waals surface area contributed by atoms with Crippen LogP contribution in [0.1, 0.15) is 45.4 Å². The molecular formula is C28H31N3O5. The summed E-state index contributed by atoms with van der Waals surface area (Å²) in [6.07, 6.45) is 7.12. The Hall–Kier alpha value is -3.94. The Morgan fingerprint density at radius 1 is 1.06 bits per heavy atom. The fraction of sp³-hybridized carbons (Fsp3) is 0.357. The van der Waals surface area contributed by atoms with E-state index in [-0.39, 0.29) is 30.7 Å². The van der Waals surface area contributed by atoms with E-state index in [1.807, 2.05) is 18.2 Å². The van der Waals surface area contributed by atoms with E-state index in [1.165, 1.54) is 23.8 Å². The Labute approximate surface area is 210 Å². The average Bonchev–Trinajstić information content (AvgIpc) is 3.17. The number of imide groups is 1. The van der Waals surface area contributed by atoms with Gasteiger partial charge in [0.05, 0.1) is 12.1 Å². The molecule has 4 rings (SSSR count). The lowest BCUT2D eigenvalue weighted by Crippen LogP contribution is -2.47. The molecule has 0 saturated carbocycles. The third-order valence-corrected chi connectivity index (χ3v) is 6.43. The molecule has 1 N–H and O–H groups in total. The number of hydrogen-bond acceptors (Lipinski definition) is 5. The number of hydrogen-bond donors (Lipinski definition) is 1. The van der Waals surface area contributed by atoms with Crippen molar-refractivity contribution in [1.29, 1.82) is 0 Å². The number of carbonyl (C=O) groups is 4. The van der Waals surface area contributed by atoms with Gasteiger partial charge in [-0.05, 0) is 68.5 Å². The minimum Gasteiger partial charge on any atom is -0.484 e. The first kappa shape index (κ1) is 25.2. The van der Waals surface area contributed by atoms with Crippen LogP contribution in [0.5, 0.6) is 5.75 Å². The van der Waals surface area contributed by atoms with Crippen molar-refractivity contribution in [1.82, 2.24) is 4.90 Å². The summed E-state index contributed by atoms with van der Waals surface area (Å²) in [5.74, 6) is -0.773. The molecule has 36 heavy (non-hydrogen) atoms. The summed E-state index contributed by atoms with van der Waals surface area (Å²) in [7, 11) is 0. The van der Waals surface area contributed by atoms with Crippen LogP contribution in [-0.2, 0) is 19.2 Å². The zero-order valence-corrected chi connectivity index (χ0v) is 20.4. The summed E-state index contributed by atoms with van der Waals surface area (Å²) in [4.78, 5) is 53.5. The first-order chi connectivity index (χ1) is 17.4. The van der Waals surface area contributed by atoms with Crippen LogP contribution in [0.3, 0.4) is 0 Å². The number of anilines is 2. The predicted octanol–water partition coefficient (Wildman–Crippen LogP) is 4.08. The largest absolute Gasteiger partial charge is 0.484 e. The van der Waals surface area contributed by atoms with E-state index >= 15 is 0 Å². The molecule has 1 unspecified atom stereocenters. The summed E-state index contributed by atoms with van der Waals surface area (Å²) in [6.45, 7) is 1.54. The Morgan fingerprint density at radius 3 is 2.47 bits per heavy atom. The second kappa shape index (κ2) is 11.7. The molecule has 0 spiro atoms. The van der Waals surface area contributed by atoms with Crippen molar-refractivity contribution in [2.45, 2.75) is 51.5 Å². The maximum atomic E-state index is 13.4. The molecule has 1 aliphatic carbocycles. The minimum absolute atomic E-state index is 0.0809. The van der Waals surface area contributed by atoms with Crippen LogP contribution in [0.2, 0.25) is 0 Å². The molecule has 0 radical (unpaired) electrons. The van der Waals surface area contributed by atoms with Crippen molar-refractivity contribution in [3.8, 4) is 5.75 Å². The van der Waals surface area contributed by atoms with Gasteiger partial charge in [-0.3, -0.25) is 19.2 Å². The van der Waals surface area contributed by atoms with Crippen LogP contribution in [0, 0.1) is 0 Å². The Morgan fingerprint density at radius 2 is 1.81 bits per heavy atom. The van der Waals surface area contributed by atoms with E-state index in [0.717, 1.165) is 24.2 Å².